The molecule has 0 saturated heterocycles. The standard InChI is InChI=1S/C12H21N3O2/c1-8(2)7-10(12(17)14-6-5-13)15-11(16)9(3)4/h8-10H,6-7H2,1-4H3,(H,14,17)(H,15,16). The number of hydrogen-bond donors (Lipinski definition) is 2. The average Bonchev–Trinajstić information content (AvgIpc) is 2.23. The van der Waals surface area contributed by atoms with Gasteiger partial charge in [0.05, 0.1) is 6.07 Å². The van der Waals surface area contributed by atoms with Gasteiger partial charge in [0, 0.05) is 5.92 Å². The van der Waals surface area contributed by atoms with E-state index in [4.69, 9.17) is 5.26 Å². The van der Waals surface area contributed by atoms with Crippen LogP contribution in [0.15, 0.2) is 0 Å². The van der Waals surface area contributed by atoms with E-state index in [0.29, 0.717) is 12.3 Å². The van der Waals surface area contributed by atoms with Crippen LogP contribution in [0.25, 0.3) is 0 Å². The number of nitriles is 1. The molecule has 0 bridgehead atoms. The van der Waals surface area contributed by atoms with Crippen molar-refractivity contribution < 1.29 is 9.59 Å². The molecule has 0 saturated carbocycles. The number of nitrogens with one attached hydrogen (secondary N) is 2. The maximum atomic E-state index is 11.7. The summed E-state index contributed by atoms with van der Waals surface area (Å²) in [6, 6.07) is 1.28. The van der Waals surface area contributed by atoms with Crippen LogP contribution in [-0.4, -0.2) is 24.4 Å². The van der Waals surface area contributed by atoms with Crippen LogP contribution in [0.4, 0.5) is 0 Å². The van der Waals surface area contributed by atoms with Crippen molar-refractivity contribution in [2.24, 2.45) is 11.8 Å². The normalized spacial score (nSPS) is 12.1. The molecule has 0 spiro atoms. The van der Waals surface area contributed by atoms with Crippen LogP contribution in [0, 0.1) is 23.2 Å². The lowest BCUT2D eigenvalue weighted by atomic mass is 10.0. The molecule has 0 aliphatic heterocycles. The molecule has 17 heavy (non-hydrogen) atoms. The van der Waals surface area contributed by atoms with Crippen molar-refractivity contribution in [2.75, 3.05) is 6.54 Å². The zero-order valence-electron chi connectivity index (χ0n) is 10.9. The second kappa shape index (κ2) is 7.66. The highest BCUT2D eigenvalue weighted by molar-refractivity contribution is 5.88. The monoisotopic (exact) mass is 239 g/mol. The SMILES string of the molecule is CC(C)CC(NC(=O)C(C)C)C(=O)NCC#N. The van der Waals surface area contributed by atoms with Crippen LogP contribution >= 0.6 is 0 Å². The van der Waals surface area contributed by atoms with Gasteiger partial charge in [0.15, 0.2) is 0 Å². The number of nitrogens with zero attached hydrogens (tertiary/aromatic N) is 1. The predicted molar refractivity (Wildman–Crippen MR) is 64.8 cm³/mol. The van der Waals surface area contributed by atoms with Crippen molar-refractivity contribution in [3.8, 4) is 6.07 Å². The lowest BCUT2D eigenvalue weighted by Gasteiger charge is -2.20. The van der Waals surface area contributed by atoms with Crippen molar-refractivity contribution in [1.82, 2.24) is 10.6 Å². The highest BCUT2D eigenvalue weighted by Crippen LogP contribution is 2.06. The number of rotatable bonds is 6. The van der Waals surface area contributed by atoms with Gasteiger partial charge < -0.3 is 10.6 Å². The van der Waals surface area contributed by atoms with Crippen molar-refractivity contribution >= 4 is 11.8 Å². The fraction of sp³-hybridized carbons (Fsp3) is 0.750. The van der Waals surface area contributed by atoms with Crippen molar-refractivity contribution in [3.05, 3.63) is 0 Å². The van der Waals surface area contributed by atoms with Crippen LogP contribution in [0.1, 0.15) is 34.1 Å². The van der Waals surface area contributed by atoms with Crippen LogP contribution in [0.5, 0.6) is 0 Å². The quantitative estimate of drug-likeness (QED) is 0.673. The summed E-state index contributed by atoms with van der Waals surface area (Å²) in [6.45, 7) is 7.47. The molecule has 5 heteroatoms. The molecule has 0 heterocycles. The second-order valence-electron chi connectivity index (χ2n) is 4.72. The van der Waals surface area contributed by atoms with Crippen molar-refractivity contribution in [3.63, 3.8) is 0 Å². The summed E-state index contributed by atoms with van der Waals surface area (Å²) in [5.41, 5.74) is 0. The van der Waals surface area contributed by atoms with Gasteiger partial charge in [-0.25, -0.2) is 0 Å². The average molecular weight is 239 g/mol. The third kappa shape index (κ3) is 6.56. The number of hydrogen-bond acceptors (Lipinski definition) is 3. The smallest absolute Gasteiger partial charge is 0.243 e. The molecule has 0 aromatic heterocycles. The van der Waals surface area contributed by atoms with Crippen molar-refractivity contribution in [2.45, 2.75) is 40.2 Å². The summed E-state index contributed by atoms with van der Waals surface area (Å²) >= 11 is 0. The fourth-order valence-electron chi connectivity index (χ4n) is 1.29. The van der Waals surface area contributed by atoms with E-state index in [2.05, 4.69) is 10.6 Å². The van der Waals surface area contributed by atoms with Gasteiger partial charge in [-0.05, 0) is 12.3 Å². The summed E-state index contributed by atoms with van der Waals surface area (Å²) in [4.78, 5) is 23.3. The first-order valence-corrected chi connectivity index (χ1v) is 5.83. The van der Waals surface area contributed by atoms with Crippen LogP contribution in [-0.2, 0) is 9.59 Å². The number of carbonyl (C=O) groups excluding carboxylic acids is 2. The van der Waals surface area contributed by atoms with Gasteiger partial charge in [-0.2, -0.15) is 5.26 Å². The predicted octanol–water partition coefficient (Wildman–Crippen LogP) is 0.813. The largest absolute Gasteiger partial charge is 0.344 e. The molecule has 0 aromatic rings. The summed E-state index contributed by atoms with van der Waals surface area (Å²) in [6.07, 6.45) is 0.565. The number of carbonyl (C=O) groups is 2. The fourth-order valence-corrected chi connectivity index (χ4v) is 1.29. The highest BCUT2D eigenvalue weighted by atomic mass is 16.2. The van der Waals surface area contributed by atoms with Gasteiger partial charge in [0.25, 0.3) is 0 Å². The molecule has 0 fully saturated rings. The van der Waals surface area contributed by atoms with Gasteiger partial charge in [-0.1, -0.05) is 27.7 Å². The Bertz CT molecular complexity index is 305. The van der Waals surface area contributed by atoms with Crippen LogP contribution in [0.2, 0.25) is 0 Å². The van der Waals surface area contributed by atoms with Gasteiger partial charge >= 0.3 is 0 Å². The third-order valence-corrected chi connectivity index (χ3v) is 2.21. The molecule has 0 rings (SSSR count). The maximum absolute atomic E-state index is 11.7. The van der Waals surface area contributed by atoms with E-state index in [9.17, 15) is 9.59 Å². The Morgan fingerprint density at radius 3 is 2.18 bits per heavy atom. The minimum Gasteiger partial charge on any atom is -0.344 e. The second-order valence-corrected chi connectivity index (χ2v) is 4.72. The summed E-state index contributed by atoms with van der Waals surface area (Å²) in [5.74, 6) is -0.314. The lowest BCUT2D eigenvalue weighted by molar-refractivity contribution is -0.130. The molecular weight excluding hydrogens is 218 g/mol. The maximum Gasteiger partial charge on any atom is 0.243 e. The molecule has 0 aliphatic rings. The van der Waals surface area contributed by atoms with E-state index in [1.54, 1.807) is 13.8 Å². The Hall–Kier alpha value is -1.57. The van der Waals surface area contributed by atoms with Gasteiger partial charge in [0.2, 0.25) is 11.8 Å². The highest BCUT2D eigenvalue weighted by Gasteiger charge is 2.22. The van der Waals surface area contributed by atoms with E-state index in [1.165, 1.54) is 0 Å². The first-order chi connectivity index (χ1) is 7.88. The molecule has 2 N–H and O–H groups in total. The molecule has 2 amide bonds. The van der Waals surface area contributed by atoms with Gasteiger partial charge in [-0.15, -0.1) is 0 Å². The van der Waals surface area contributed by atoms with E-state index < -0.39 is 6.04 Å². The Morgan fingerprint density at radius 1 is 1.18 bits per heavy atom. The first kappa shape index (κ1) is 15.4. The number of amides is 2. The molecule has 5 nitrogen and oxygen atoms in total. The minimum atomic E-state index is -0.557. The van der Waals surface area contributed by atoms with Crippen LogP contribution < -0.4 is 10.6 Å². The van der Waals surface area contributed by atoms with E-state index in [1.807, 2.05) is 19.9 Å². The van der Waals surface area contributed by atoms with Gasteiger partial charge in [0.1, 0.15) is 12.6 Å². The van der Waals surface area contributed by atoms with E-state index >= 15 is 0 Å². The Balaban J connectivity index is 4.48. The molecule has 0 radical (unpaired) electrons. The molecule has 96 valence electrons. The molecule has 1 atom stereocenters. The summed E-state index contributed by atoms with van der Waals surface area (Å²) in [7, 11) is 0. The minimum absolute atomic E-state index is 0.0367. The zero-order chi connectivity index (χ0) is 13.4. The van der Waals surface area contributed by atoms with Gasteiger partial charge in [-0.3, -0.25) is 9.59 Å². The molecular formula is C12H21N3O2. The van der Waals surface area contributed by atoms with Crippen LogP contribution in [0.3, 0.4) is 0 Å². The Kier molecular flexibility index (Phi) is 6.95. The summed E-state index contributed by atoms with van der Waals surface area (Å²) < 4.78 is 0. The topological polar surface area (TPSA) is 82.0 Å². The van der Waals surface area contributed by atoms with E-state index in [0.717, 1.165) is 0 Å². The zero-order valence-corrected chi connectivity index (χ0v) is 10.9. The Labute approximate surface area is 103 Å². The van der Waals surface area contributed by atoms with Crippen molar-refractivity contribution in [1.29, 1.82) is 5.26 Å². The third-order valence-electron chi connectivity index (χ3n) is 2.21. The molecule has 0 aromatic carbocycles. The molecule has 1 unspecified atom stereocenters. The summed E-state index contributed by atoms with van der Waals surface area (Å²) in [5, 5.41) is 13.6. The van der Waals surface area contributed by atoms with E-state index in [-0.39, 0.29) is 24.3 Å². The molecule has 0 aliphatic carbocycles. The Morgan fingerprint density at radius 2 is 1.76 bits per heavy atom. The lowest BCUT2D eigenvalue weighted by Crippen LogP contribution is -2.48. The first-order valence-electron chi connectivity index (χ1n) is 5.83.